The summed E-state index contributed by atoms with van der Waals surface area (Å²) in [5.41, 5.74) is 7.87. The van der Waals surface area contributed by atoms with Gasteiger partial charge in [-0.1, -0.05) is 18.2 Å². The van der Waals surface area contributed by atoms with Crippen molar-refractivity contribution in [1.29, 1.82) is 0 Å². The van der Waals surface area contributed by atoms with E-state index in [0.29, 0.717) is 6.54 Å². The number of amides is 1. The minimum atomic E-state index is 0. The molecule has 24 heavy (non-hydrogen) atoms. The number of para-hydroxylation sites is 1. The second-order valence-electron chi connectivity index (χ2n) is 5.96. The zero-order valence-corrected chi connectivity index (χ0v) is 14.9. The maximum absolute atomic E-state index is 12.7. The summed E-state index contributed by atoms with van der Waals surface area (Å²) in [5, 5.41) is 5.66. The van der Waals surface area contributed by atoms with Gasteiger partial charge in [0.1, 0.15) is 4.83 Å². The third-order valence-corrected chi connectivity index (χ3v) is 5.37. The monoisotopic (exact) mass is 362 g/mol. The number of hydrogen-bond acceptors (Lipinski definition) is 4. The molecular formula is C17H19ClN4OS. The van der Waals surface area contributed by atoms with Crippen molar-refractivity contribution in [1.82, 2.24) is 14.7 Å². The Hall–Kier alpha value is -1.89. The molecule has 1 atom stereocenters. The lowest BCUT2D eigenvalue weighted by Crippen LogP contribution is -2.31. The van der Waals surface area contributed by atoms with Crippen LogP contribution in [0.5, 0.6) is 0 Å². The van der Waals surface area contributed by atoms with E-state index in [1.807, 2.05) is 52.9 Å². The third kappa shape index (κ3) is 2.81. The zero-order valence-electron chi connectivity index (χ0n) is 13.3. The molecule has 0 aliphatic carbocycles. The minimum Gasteiger partial charge on any atom is -0.336 e. The molecule has 1 amide bonds. The van der Waals surface area contributed by atoms with Gasteiger partial charge in [-0.15, -0.1) is 23.7 Å². The smallest absolute Gasteiger partial charge is 0.264 e. The molecule has 0 radical (unpaired) electrons. The Labute approximate surface area is 150 Å². The van der Waals surface area contributed by atoms with Crippen molar-refractivity contribution in [3.05, 3.63) is 47.0 Å². The molecule has 0 saturated carbocycles. The van der Waals surface area contributed by atoms with Crippen LogP contribution in [0.3, 0.4) is 0 Å². The van der Waals surface area contributed by atoms with Gasteiger partial charge in [0.15, 0.2) is 0 Å². The van der Waals surface area contributed by atoms with E-state index in [9.17, 15) is 4.79 Å². The summed E-state index contributed by atoms with van der Waals surface area (Å²) in [6.07, 6.45) is 0.882. The van der Waals surface area contributed by atoms with Gasteiger partial charge in [0, 0.05) is 24.5 Å². The van der Waals surface area contributed by atoms with Gasteiger partial charge in [-0.2, -0.15) is 5.10 Å². The second-order valence-corrected chi connectivity index (χ2v) is 6.99. The summed E-state index contributed by atoms with van der Waals surface area (Å²) in [4.78, 5) is 16.3. The number of likely N-dealkylation sites (tertiary alicyclic amines) is 1. The molecule has 1 aliphatic rings. The molecule has 2 N–H and O–H groups in total. The molecule has 126 valence electrons. The highest BCUT2D eigenvalue weighted by Gasteiger charge is 2.26. The van der Waals surface area contributed by atoms with Crippen LogP contribution < -0.4 is 5.73 Å². The molecular weight excluding hydrogens is 344 g/mol. The molecule has 1 saturated heterocycles. The maximum Gasteiger partial charge on any atom is 0.264 e. The van der Waals surface area contributed by atoms with Crippen LogP contribution in [-0.2, 0) is 0 Å². The summed E-state index contributed by atoms with van der Waals surface area (Å²) >= 11 is 1.50. The van der Waals surface area contributed by atoms with E-state index in [0.717, 1.165) is 39.4 Å². The van der Waals surface area contributed by atoms with Crippen molar-refractivity contribution in [3.8, 4) is 5.69 Å². The number of carbonyl (C=O) groups excluding carboxylic acids is 1. The highest BCUT2D eigenvalue weighted by molar-refractivity contribution is 7.20. The van der Waals surface area contributed by atoms with E-state index in [1.165, 1.54) is 11.3 Å². The van der Waals surface area contributed by atoms with E-state index < -0.39 is 0 Å². The lowest BCUT2D eigenvalue weighted by molar-refractivity contribution is 0.0795. The largest absolute Gasteiger partial charge is 0.336 e. The summed E-state index contributed by atoms with van der Waals surface area (Å²) in [6.45, 7) is 3.38. The van der Waals surface area contributed by atoms with Crippen LogP contribution in [0.25, 0.3) is 15.9 Å². The van der Waals surface area contributed by atoms with Crippen molar-refractivity contribution < 1.29 is 4.79 Å². The van der Waals surface area contributed by atoms with E-state index in [2.05, 4.69) is 5.10 Å². The van der Waals surface area contributed by atoms with Crippen molar-refractivity contribution in [3.63, 3.8) is 0 Å². The molecule has 2 aromatic heterocycles. The van der Waals surface area contributed by atoms with Crippen LogP contribution in [0, 0.1) is 6.92 Å². The molecule has 3 heterocycles. The topological polar surface area (TPSA) is 64.2 Å². The Morgan fingerprint density at radius 1 is 1.33 bits per heavy atom. The van der Waals surface area contributed by atoms with E-state index in [1.54, 1.807) is 0 Å². The molecule has 5 nitrogen and oxygen atoms in total. The first kappa shape index (κ1) is 17.0. The second kappa shape index (κ2) is 6.55. The number of nitrogens with two attached hydrogens (primary N) is 1. The van der Waals surface area contributed by atoms with E-state index in [4.69, 9.17) is 5.73 Å². The van der Waals surface area contributed by atoms with E-state index in [-0.39, 0.29) is 24.4 Å². The van der Waals surface area contributed by atoms with Crippen LogP contribution >= 0.6 is 23.7 Å². The molecule has 0 unspecified atom stereocenters. The average molecular weight is 363 g/mol. The van der Waals surface area contributed by atoms with Crippen molar-refractivity contribution >= 4 is 39.9 Å². The predicted octanol–water partition coefficient (Wildman–Crippen LogP) is 2.99. The molecule has 1 aliphatic heterocycles. The first-order valence-electron chi connectivity index (χ1n) is 7.73. The van der Waals surface area contributed by atoms with E-state index >= 15 is 0 Å². The van der Waals surface area contributed by atoms with Gasteiger partial charge in [-0.25, -0.2) is 4.68 Å². The molecule has 4 rings (SSSR count). The van der Waals surface area contributed by atoms with Crippen LogP contribution in [0.2, 0.25) is 0 Å². The summed E-state index contributed by atoms with van der Waals surface area (Å²) in [7, 11) is 0. The number of benzene rings is 1. The fraction of sp³-hybridized carbons (Fsp3) is 0.294. The van der Waals surface area contributed by atoms with Crippen molar-refractivity contribution in [2.75, 3.05) is 13.1 Å². The first-order valence-corrected chi connectivity index (χ1v) is 8.54. The third-order valence-electron chi connectivity index (χ3n) is 4.27. The SMILES string of the molecule is Cc1nn(-c2ccccc2)c2sc(C(=O)N3CC[C@@H](N)C3)cc12.Cl. The number of rotatable bonds is 2. The van der Waals surface area contributed by atoms with Gasteiger partial charge >= 0.3 is 0 Å². The van der Waals surface area contributed by atoms with Crippen LogP contribution in [0.4, 0.5) is 0 Å². The summed E-state index contributed by atoms with van der Waals surface area (Å²) < 4.78 is 1.92. The summed E-state index contributed by atoms with van der Waals surface area (Å²) in [5.74, 6) is 0.0816. The van der Waals surface area contributed by atoms with Gasteiger partial charge in [-0.3, -0.25) is 4.79 Å². The van der Waals surface area contributed by atoms with Gasteiger partial charge in [0.25, 0.3) is 5.91 Å². The number of hydrogen-bond donors (Lipinski definition) is 1. The van der Waals surface area contributed by atoms with Crippen LogP contribution in [0.15, 0.2) is 36.4 Å². The first-order chi connectivity index (χ1) is 11.1. The highest BCUT2D eigenvalue weighted by atomic mass is 35.5. The molecule has 7 heteroatoms. The number of aryl methyl sites for hydroxylation is 1. The number of aromatic nitrogens is 2. The predicted molar refractivity (Wildman–Crippen MR) is 99.4 cm³/mol. The molecule has 0 spiro atoms. The standard InChI is InChI=1S/C17H18N4OS.ClH/c1-11-14-9-15(16(22)20-8-7-12(18)10-20)23-17(14)21(19-11)13-5-3-2-4-6-13;/h2-6,9,12H,7-8,10,18H2,1H3;1H/t12-;/m1./s1. The van der Waals surface area contributed by atoms with Gasteiger partial charge in [0.05, 0.1) is 16.3 Å². The highest BCUT2D eigenvalue weighted by Crippen LogP contribution is 2.31. The van der Waals surface area contributed by atoms with Gasteiger partial charge in [0.2, 0.25) is 0 Å². The Bertz CT molecular complexity index is 873. The normalized spacial score (nSPS) is 17.2. The van der Waals surface area contributed by atoms with Gasteiger partial charge < -0.3 is 10.6 Å². The number of thiophene rings is 1. The quantitative estimate of drug-likeness (QED) is 0.762. The van der Waals surface area contributed by atoms with Crippen molar-refractivity contribution in [2.24, 2.45) is 5.73 Å². The Balaban J connectivity index is 0.00000169. The molecule has 0 bridgehead atoms. The molecule has 3 aromatic rings. The summed E-state index contributed by atoms with van der Waals surface area (Å²) in [6, 6.07) is 12.1. The van der Waals surface area contributed by atoms with Gasteiger partial charge in [-0.05, 0) is 31.5 Å². The zero-order chi connectivity index (χ0) is 16.0. The fourth-order valence-electron chi connectivity index (χ4n) is 3.02. The molecule has 1 aromatic carbocycles. The van der Waals surface area contributed by atoms with Crippen LogP contribution in [0.1, 0.15) is 21.8 Å². The average Bonchev–Trinajstić information content (AvgIpc) is 3.25. The fourth-order valence-corrected chi connectivity index (χ4v) is 4.18. The Morgan fingerprint density at radius 3 is 2.75 bits per heavy atom. The lowest BCUT2D eigenvalue weighted by atomic mass is 10.3. The number of fused-ring (bicyclic) bond motifs is 1. The molecule has 1 fully saturated rings. The Kier molecular flexibility index (Phi) is 4.62. The maximum atomic E-state index is 12.7. The Morgan fingerprint density at radius 2 is 2.08 bits per heavy atom. The number of halogens is 1. The number of nitrogens with zero attached hydrogens (tertiary/aromatic N) is 3. The lowest BCUT2D eigenvalue weighted by Gasteiger charge is -2.14. The van der Waals surface area contributed by atoms with Crippen molar-refractivity contribution in [2.45, 2.75) is 19.4 Å². The minimum absolute atomic E-state index is 0. The number of carbonyl (C=O) groups is 1. The van der Waals surface area contributed by atoms with Crippen LogP contribution in [-0.4, -0.2) is 39.7 Å².